The van der Waals surface area contributed by atoms with Crippen molar-refractivity contribution in [2.75, 3.05) is 12.4 Å². The lowest BCUT2D eigenvalue weighted by Gasteiger charge is -2.06. The Morgan fingerprint density at radius 1 is 1.00 bits per heavy atom. The first kappa shape index (κ1) is 15.2. The van der Waals surface area contributed by atoms with Gasteiger partial charge in [0.1, 0.15) is 5.75 Å². The number of rotatable bonds is 7. The summed E-state index contributed by atoms with van der Waals surface area (Å²) in [6, 6.07) is 15.4. The molecule has 1 N–H and O–H groups in total. The molecule has 2 rings (SSSR count). The van der Waals surface area contributed by atoms with Crippen molar-refractivity contribution in [3.63, 3.8) is 0 Å². The molecular formula is C16H17ClO2S. The number of aliphatic hydroxyl groups excluding tert-OH is 1. The molecule has 0 aliphatic heterocycles. The lowest BCUT2D eigenvalue weighted by molar-refractivity contribution is 0.282. The highest BCUT2D eigenvalue weighted by atomic mass is 35.5. The Morgan fingerprint density at radius 2 is 1.70 bits per heavy atom. The maximum absolute atomic E-state index is 8.97. The predicted octanol–water partition coefficient (Wildman–Crippen LogP) is 4.39. The van der Waals surface area contributed by atoms with Gasteiger partial charge in [0.05, 0.1) is 13.2 Å². The van der Waals surface area contributed by atoms with E-state index in [4.69, 9.17) is 21.4 Å². The molecule has 0 amide bonds. The zero-order valence-electron chi connectivity index (χ0n) is 11.1. The molecule has 0 aliphatic carbocycles. The van der Waals surface area contributed by atoms with E-state index in [0.717, 1.165) is 28.5 Å². The number of benzene rings is 2. The first-order chi connectivity index (χ1) is 9.78. The van der Waals surface area contributed by atoms with Crippen molar-refractivity contribution in [3.8, 4) is 5.75 Å². The molecule has 0 atom stereocenters. The van der Waals surface area contributed by atoms with Gasteiger partial charge < -0.3 is 9.84 Å². The second-order valence-corrected chi connectivity index (χ2v) is 5.91. The van der Waals surface area contributed by atoms with Gasteiger partial charge in [0.25, 0.3) is 0 Å². The van der Waals surface area contributed by atoms with Crippen LogP contribution in [0.1, 0.15) is 12.0 Å². The second kappa shape index (κ2) is 8.20. The van der Waals surface area contributed by atoms with Gasteiger partial charge in [0, 0.05) is 15.7 Å². The maximum Gasteiger partial charge on any atom is 0.119 e. The van der Waals surface area contributed by atoms with Crippen molar-refractivity contribution in [2.24, 2.45) is 0 Å². The first-order valence-corrected chi connectivity index (χ1v) is 7.85. The third kappa shape index (κ3) is 5.08. The maximum atomic E-state index is 8.97. The number of ether oxygens (including phenoxy) is 1. The van der Waals surface area contributed by atoms with Crippen molar-refractivity contribution >= 4 is 23.4 Å². The molecule has 4 heteroatoms. The van der Waals surface area contributed by atoms with Crippen LogP contribution >= 0.6 is 23.4 Å². The normalized spacial score (nSPS) is 10.5. The summed E-state index contributed by atoms with van der Waals surface area (Å²) in [5.74, 6) is 1.86. The summed E-state index contributed by atoms with van der Waals surface area (Å²) < 4.78 is 5.63. The predicted molar refractivity (Wildman–Crippen MR) is 84.7 cm³/mol. The van der Waals surface area contributed by atoms with Crippen molar-refractivity contribution in [3.05, 3.63) is 59.1 Å². The van der Waals surface area contributed by atoms with Crippen LogP contribution in [0.4, 0.5) is 0 Å². The summed E-state index contributed by atoms with van der Waals surface area (Å²) in [6.07, 6.45) is 0.981. The highest BCUT2D eigenvalue weighted by Gasteiger charge is 1.97. The highest BCUT2D eigenvalue weighted by Crippen LogP contribution is 2.20. The SMILES string of the molecule is OCc1ccc(SCCCOc2ccc(Cl)cc2)cc1. The van der Waals surface area contributed by atoms with E-state index < -0.39 is 0 Å². The van der Waals surface area contributed by atoms with Crippen LogP contribution in [-0.4, -0.2) is 17.5 Å². The van der Waals surface area contributed by atoms with Gasteiger partial charge >= 0.3 is 0 Å². The fraction of sp³-hybridized carbons (Fsp3) is 0.250. The molecule has 2 aromatic carbocycles. The second-order valence-electron chi connectivity index (χ2n) is 4.31. The van der Waals surface area contributed by atoms with Crippen LogP contribution in [-0.2, 0) is 6.61 Å². The highest BCUT2D eigenvalue weighted by molar-refractivity contribution is 7.99. The Kier molecular flexibility index (Phi) is 6.25. The van der Waals surface area contributed by atoms with Gasteiger partial charge in [0.15, 0.2) is 0 Å². The van der Waals surface area contributed by atoms with Gasteiger partial charge in [-0.3, -0.25) is 0 Å². The third-order valence-corrected chi connectivity index (χ3v) is 4.10. The van der Waals surface area contributed by atoms with E-state index in [1.54, 1.807) is 11.8 Å². The Labute approximate surface area is 128 Å². The third-order valence-electron chi connectivity index (χ3n) is 2.75. The van der Waals surface area contributed by atoms with Gasteiger partial charge in [0.2, 0.25) is 0 Å². The quantitative estimate of drug-likeness (QED) is 0.607. The van der Waals surface area contributed by atoms with Crippen LogP contribution < -0.4 is 4.74 Å². The monoisotopic (exact) mass is 308 g/mol. The van der Waals surface area contributed by atoms with Crippen molar-refractivity contribution in [1.29, 1.82) is 0 Å². The molecule has 0 bridgehead atoms. The minimum atomic E-state index is 0.0971. The van der Waals surface area contributed by atoms with E-state index in [0.29, 0.717) is 6.61 Å². The van der Waals surface area contributed by atoms with E-state index in [-0.39, 0.29) is 6.61 Å². The number of halogens is 1. The Balaban J connectivity index is 1.64. The zero-order chi connectivity index (χ0) is 14.2. The van der Waals surface area contributed by atoms with Crippen LogP contribution in [0.15, 0.2) is 53.4 Å². The average molecular weight is 309 g/mol. The van der Waals surface area contributed by atoms with Crippen LogP contribution in [0.3, 0.4) is 0 Å². The van der Waals surface area contributed by atoms with Crippen LogP contribution in [0.5, 0.6) is 5.75 Å². The number of thioether (sulfide) groups is 1. The van der Waals surface area contributed by atoms with E-state index in [1.165, 1.54) is 4.90 Å². The van der Waals surface area contributed by atoms with E-state index >= 15 is 0 Å². The lowest BCUT2D eigenvalue weighted by Crippen LogP contribution is -1.98. The summed E-state index contributed by atoms with van der Waals surface area (Å²) in [5.41, 5.74) is 0.945. The molecular weight excluding hydrogens is 292 g/mol. The average Bonchev–Trinajstić information content (AvgIpc) is 2.49. The summed E-state index contributed by atoms with van der Waals surface area (Å²) in [6.45, 7) is 0.795. The Hall–Kier alpha value is -1.16. The fourth-order valence-electron chi connectivity index (χ4n) is 1.66. The molecule has 0 unspecified atom stereocenters. The topological polar surface area (TPSA) is 29.5 Å². The number of hydrogen-bond acceptors (Lipinski definition) is 3. The van der Waals surface area contributed by atoms with E-state index in [1.807, 2.05) is 48.5 Å². The van der Waals surface area contributed by atoms with Crippen LogP contribution in [0, 0.1) is 0 Å². The largest absolute Gasteiger partial charge is 0.494 e. The van der Waals surface area contributed by atoms with Gasteiger partial charge in [-0.15, -0.1) is 11.8 Å². The number of aliphatic hydroxyl groups is 1. The summed E-state index contributed by atoms with van der Waals surface area (Å²) in [5, 5.41) is 9.69. The molecule has 20 heavy (non-hydrogen) atoms. The van der Waals surface area contributed by atoms with Gasteiger partial charge in [-0.2, -0.15) is 0 Å². The molecule has 0 aliphatic rings. The molecule has 0 spiro atoms. The smallest absolute Gasteiger partial charge is 0.119 e. The Morgan fingerprint density at radius 3 is 2.35 bits per heavy atom. The van der Waals surface area contributed by atoms with E-state index in [2.05, 4.69) is 0 Å². The minimum absolute atomic E-state index is 0.0971. The summed E-state index contributed by atoms with van der Waals surface area (Å²) in [4.78, 5) is 1.22. The summed E-state index contributed by atoms with van der Waals surface area (Å²) >= 11 is 7.60. The number of hydrogen-bond donors (Lipinski definition) is 1. The zero-order valence-corrected chi connectivity index (χ0v) is 12.7. The van der Waals surface area contributed by atoms with Gasteiger partial charge in [-0.05, 0) is 48.4 Å². The van der Waals surface area contributed by atoms with Gasteiger partial charge in [-0.1, -0.05) is 23.7 Å². The van der Waals surface area contributed by atoms with Crippen molar-refractivity contribution < 1.29 is 9.84 Å². The fourth-order valence-corrected chi connectivity index (χ4v) is 2.61. The molecule has 0 saturated carbocycles. The molecule has 0 heterocycles. The molecule has 2 nitrogen and oxygen atoms in total. The minimum Gasteiger partial charge on any atom is -0.494 e. The van der Waals surface area contributed by atoms with Crippen LogP contribution in [0.25, 0.3) is 0 Å². The molecule has 0 saturated heterocycles. The molecule has 106 valence electrons. The lowest BCUT2D eigenvalue weighted by atomic mass is 10.2. The van der Waals surface area contributed by atoms with Crippen molar-refractivity contribution in [2.45, 2.75) is 17.9 Å². The summed E-state index contributed by atoms with van der Waals surface area (Å²) in [7, 11) is 0. The van der Waals surface area contributed by atoms with Crippen LogP contribution in [0.2, 0.25) is 5.02 Å². The first-order valence-electron chi connectivity index (χ1n) is 6.49. The van der Waals surface area contributed by atoms with Gasteiger partial charge in [-0.25, -0.2) is 0 Å². The van der Waals surface area contributed by atoms with Crippen molar-refractivity contribution in [1.82, 2.24) is 0 Å². The molecule has 0 fully saturated rings. The van der Waals surface area contributed by atoms with E-state index in [9.17, 15) is 0 Å². The molecule has 0 radical (unpaired) electrons. The standard InChI is InChI=1S/C16H17ClO2S/c17-14-4-6-15(7-5-14)19-10-1-11-20-16-8-2-13(12-18)3-9-16/h2-9,18H,1,10-12H2. The Bertz CT molecular complexity index is 511. The molecule has 0 aromatic heterocycles. The molecule has 2 aromatic rings.